The van der Waals surface area contributed by atoms with Crippen LogP contribution >= 0.6 is 22.7 Å². The Bertz CT molecular complexity index is 1580. The Kier molecular flexibility index (Phi) is 2.85. The molecule has 0 unspecified atom stereocenters. The molecule has 0 saturated carbocycles. The Morgan fingerprint density at radius 2 is 0.714 bits per heavy atom. The van der Waals surface area contributed by atoms with Crippen LogP contribution < -0.4 is 0 Å². The standard InChI is InChI=1S/C26H14S2/c1-3-11-19-17(7-1)25-23-15(9-5-13-21(23)27-19)16-10-6-14-22-24(16)26(25)18-8-2-4-12-20(18)28-22/h1-14H. The van der Waals surface area contributed by atoms with Crippen LogP contribution in [0.1, 0.15) is 0 Å². The summed E-state index contributed by atoms with van der Waals surface area (Å²) in [6, 6.07) is 31.3. The second kappa shape index (κ2) is 5.32. The zero-order valence-electron chi connectivity index (χ0n) is 14.9. The fraction of sp³-hybridized carbons (Fsp3) is 0. The average Bonchev–Trinajstić information content (AvgIpc) is 2.75. The van der Waals surface area contributed by atoms with Crippen molar-refractivity contribution in [2.45, 2.75) is 0 Å². The van der Waals surface area contributed by atoms with Crippen molar-refractivity contribution in [3.8, 4) is 0 Å². The Hall–Kier alpha value is -2.94. The quantitative estimate of drug-likeness (QED) is 0.179. The van der Waals surface area contributed by atoms with Crippen LogP contribution in [0.5, 0.6) is 0 Å². The van der Waals surface area contributed by atoms with Gasteiger partial charge in [-0.05, 0) is 35.0 Å². The minimum atomic E-state index is 1.35. The van der Waals surface area contributed by atoms with Gasteiger partial charge in [-0.2, -0.15) is 0 Å². The third-order valence-corrected chi connectivity index (χ3v) is 8.12. The maximum Gasteiger partial charge on any atom is 0.0361 e. The molecule has 0 fully saturated rings. The normalized spacial score (nSPS) is 12.3. The summed E-state index contributed by atoms with van der Waals surface area (Å²) in [5.74, 6) is 0. The fourth-order valence-electron chi connectivity index (χ4n) is 4.75. The van der Waals surface area contributed by atoms with Gasteiger partial charge in [0.1, 0.15) is 0 Å². The van der Waals surface area contributed by atoms with Crippen LogP contribution in [0.15, 0.2) is 84.9 Å². The third kappa shape index (κ3) is 1.80. The van der Waals surface area contributed by atoms with Gasteiger partial charge < -0.3 is 0 Å². The van der Waals surface area contributed by atoms with Crippen molar-refractivity contribution in [3.05, 3.63) is 84.9 Å². The van der Waals surface area contributed by atoms with Gasteiger partial charge in [0, 0.05) is 51.1 Å². The summed E-state index contributed by atoms with van der Waals surface area (Å²) < 4.78 is 5.44. The number of rotatable bonds is 0. The van der Waals surface area contributed by atoms with Crippen LogP contribution in [0.4, 0.5) is 0 Å². The molecule has 7 rings (SSSR count). The van der Waals surface area contributed by atoms with E-state index in [2.05, 4.69) is 84.9 Å². The van der Waals surface area contributed by atoms with E-state index in [0.717, 1.165) is 0 Å². The zero-order chi connectivity index (χ0) is 18.2. The van der Waals surface area contributed by atoms with Crippen LogP contribution in [0.2, 0.25) is 0 Å². The van der Waals surface area contributed by atoms with Gasteiger partial charge in [-0.3, -0.25) is 0 Å². The van der Waals surface area contributed by atoms with Crippen LogP contribution in [0.3, 0.4) is 0 Å². The van der Waals surface area contributed by atoms with Crippen molar-refractivity contribution in [1.82, 2.24) is 0 Å². The lowest BCUT2D eigenvalue weighted by Crippen LogP contribution is -1.88. The van der Waals surface area contributed by atoms with Crippen molar-refractivity contribution in [2.75, 3.05) is 0 Å². The Balaban J connectivity index is 2.02. The predicted molar refractivity (Wildman–Crippen MR) is 127 cm³/mol. The highest BCUT2D eigenvalue weighted by Gasteiger charge is 2.18. The van der Waals surface area contributed by atoms with Gasteiger partial charge in [-0.15, -0.1) is 22.7 Å². The second-order valence-corrected chi connectivity index (χ2v) is 9.47. The highest BCUT2D eigenvalue weighted by Crippen LogP contribution is 2.48. The molecule has 0 aliphatic rings. The Labute approximate surface area is 169 Å². The SMILES string of the molecule is c1ccc2c(c1)sc1cccc3c4cccc5sc6ccccc6c(c54)c2c13. The predicted octanol–water partition coefficient (Wildman–Crippen LogP) is 8.73. The molecule has 0 nitrogen and oxygen atoms in total. The summed E-state index contributed by atoms with van der Waals surface area (Å²) >= 11 is 3.80. The van der Waals surface area contributed by atoms with Crippen LogP contribution in [0, 0.1) is 0 Å². The molecule has 130 valence electrons. The van der Waals surface area contributed by atoms with E-state index in [4.69, 9.17) is 0 Å². The van der Waals surface area contributed by atoms with E-state index >= 15 is 0 Å². The molecule has 2 aromatic heterocycles. The maximum atomic E-state index is 2.30. The lowest BCUT2D eigenvalue weighted by Gasteiger charge is -2.17. The summed E-state index contributed by atoms with van der Waals surface area (Å²) in [6.45, 7) is 0. The third-order valence-electron chi connectivity index (χ3n) is 5.85. The highest BCUT2D eigenvalue weighted by atomic mass is 32.1. The Morgan fingerprint density at radius 1 is 0.321 bits per heavy atom. The number of hydrogen-bond donors (Lipinski definition) is 0. The number of hydrogen-bond acceptors (Lipinski definition) is 2. The molecule has 0 atom stereocenters. The van der Waals surface area contributed by atoms with E-state index < -0.39 is 0 Å². The van der Waals surface area contributed by atoms with Crippen molar-refractivity contribution < 1.29 is 0 Å². The monoisotopic (exact) mass is 390 g/mol. The van der Waals surface area contributed by atoms with E-state index in [1.165, 1.54) is 61.9 Å². The van der Waals surface area contributed by atoms with E-state index in [-0.39, 0.29) is 0 Å². The largest absolute Gasteiger partial charge is 0.135 e. The highest BCUT2D eigenvalue weighted by molar-refractivity contribution is 7.26. The van der Waals surface area contributed by atoms with E-state index in [0.29, 0.717) is 0 Å². The van der Waals surface area contributed by atoms with Gasteiger partial charge in [-0.25, -0.2) is 0 Å². The number of fused-ring (bicyclic) bond motifs is 6. The molecule has 2 heterocycles. The summed E-state index contributed by atoms with van der Waals surface area (Å²) in [4.78, 5) is 0. The van der Waals surface area contributed by atoms with Gasteiger partial charge in [-0.1, -0.05) is 60.7 Å². The molecule has 7 aromatic rings. The summed E-state index contributed by atoms with van der Waals surface area (Å²) in [7, 11) is 0. The molecule has 0 amide bonds. The second-order valence-electron chi connectivity index (χ2n) is 7.30. The van der Waals surface area contributed by atoms with Gasteiger partial charge in [0.05, 0.1) is 0 Å². The molecular formula is C26H14S2. The first kappa shape index (κ1) is 15.0. The molecular weight excluding hydrogens is 376 g/mol. The molecule has 0 bridgehead atoms. The van der Waals surface area contributed by atoms with Gasteiger partial charge in [0.25, 0.3) is 0 Å². The molecule has 0 spiro atoms. The summed E-state index contributed by atoms with van der Waals surface area (Å²) in [5.41, 5.74) is 0. The molecule has 0 radical (unpaired) electrons. The molecule has 0 aliphatic heterocycles. The summed E-state index contributed by atoms with van der Waals surface area (Å²) in [6.07, 6.45) is 0. The molecule has 0 saturated heterocycles. The minimum Gasteiger partial charge on any atom is -0.135 e. The van der Waals surface area contributed by atoms with Gasteiger partial charge >= 0.3 is 0 Å². The van der Waals surface area contributed by atoms with Crippen molar-refractivity contribution >= 4 is 84.6 Å². The van der Waals surface area contributed by atoms with Crippen molar-refractivity contribution in [2.24, 2.45) is 0 Å². The Morgan fingerprint density at radius 3 is 1.21 bits per heavy atom. The number of benzene rings is 5. The van der Waals surface area contributed by atoms with Crippen LogP contribution in [-0.2, 0) is 0 Å². The smallest absolute Gasteiger partial charge is 0.0361 e. The first-order chi connectivity index (χ1) is 13.9. The first-order valence-corrected chi connectivity index (χ1v) is 11.1. The van der Waals surface area contributed by atoms with Gasteiger partial charge in [0.15, 0.2) is 0 Å². The summed E-state index contributed by atoms with van der Waals surface area (Å²) in [5, 5.41) is 11.1. The van der Waals surface area contributed by atoms with E-state index in [1.54, 1.807) is 0 Å². The average molecular weight is 391 g/mol. The fourth-order valence-corrected chi connectivity index (χ4v) is 7.00. The minimum absolute atomic E-state index is 1.35. The first-order valence-electron chi connectivity index (χ1n) is 9.46. The topological polar surface area (TPSA) is 0 Å². The van der Waals surface area contributed by atoms with Gasteiger partial charge in [0.2, 0.25) is 0 Å². The molecule has 5 aromatic carbocycles. The van der Waals surface area contributed by atoms with Crippen LogP contribution in [0.25, 0.3) is 61.9 Å². The maximum absolute atomic E-state index is 2.30. The van der Waals surface area contributed by atoms with Crippen molar-refractivity contribution in [1.29, 1.82) is 0 Å². The molecule has 0 N–H and O–H groups in total. The molecule has 0 aliphatic carbocycles. The lowest BCUT2D eigenvalue weighted by atomic mass is 9.92. The molecule has 28 heavy (non-hydrogen) atoms. The van der Waals surface area contributed by atoms with E-state index in [1.807, 2.05) is 22.7 Å². The zero-order valence-corrected chi connectivity index (χ0v) is 16.5. The lowest BCUT2D eigenvalue weighted by molar-refractivity contribution is 1.84. The van der Waals surface area contributed by atoms with Crippen LogP contribution in [-0.4, -0.2) is 0 Å². The van der Waals surface area contributed by atoms with Crippen molar-refractivity contribution in [3.63, 3.8) is 0 Å². The molecule has 2 heteroatoms. The van der Waals surface area contributed by atoms with E-state index in [9.17, 15) is 0 Å².